The summed E-state index contributed by atoms with van der Waals surface area (Å²) in [4.78, 5) is 0. The third-order valence-electron chi connectivity index (χ3n) is 1.97. The van der Waals surface area contributed by atoms with Crippen LogP contribution in [0.1, 0.15) is 19.4 Å². The molecule has 0 aromatic heterocycles. The van der Waals surface area contributed by atoms with Gasteiger partial charge in [-0.1, -0.05) is 31.2 Å². The van der Waals surface area contributed by atoms with Crippen LogP contribution < -0.4 is 5.32 Å². The van der Waals surface area contributed by atoms with Crippen molar-refractivity contribution in [2.75, 3.05) is 6.54 Å². The highest BCUT2D eigenvalue weighted by atomic mass is 19.1. The number of hydrogen-bond acceptors (Lipinski definition) is 1. The summed E-state index contributed by atoms with van der Waals surface area (Å²) >= 11 is 0. The summed E-state index contributed by atoms with van der Waals surface area (Å²) < 4.78 is 12.6. The molecule has 1 aromatic carbocycles. The highest BCUT2D eigenvalue weighted by Gasteiger charge is 1.92. The molecule has 1 atom stereocenters. The molecular weight excluding hydrogens is 177 g/mol. The quantitative estimate of drug-likeness (QED) is 0.775. The van der Waals surface area contributed by atoms with Gasteiger partial charge >= 0.3 is 0 Å². The lowest BCUT2D eigenvalue weighted by molar-refractivity contribution is 0.627. The summed E-state index contributed by atoms with van der Waals surface area (Å²) in [5, 5.41) is 3.27. The van der Waals surface area contributed by atoms with Crippen molar-refractivity contribution in [3.05, 3.63) is 41.7 Å². The maximum atomic E-state index is 12.6. The van der Waals surface area contributed by atoms with Gasteiger partial charge in [0.05, 0.1) is 0 Å². The van der Waals surface area contributed by atoms with Crippen molar-refractivity contribution in [2.24, 2.45) is 0 Å². The molecule has 0 spiro atoms. The standard InChI is InChI=1S/C12H16FN/c1-3-14-10(2)4-5-11-6-8-12(13)9-7-11/h4-10,14H,3H2,1-2H3/b5-4+. The number of likely N-dealkylation sites (N-methyl/N-ethyl adjacent to an activating group) is 1. The molecule has 0 saturated carbocycles. The first kappa shape index (κ1) is 10.9. The van der Waals surface area contributed by atoms with Crippen LogP contribution in [0.15, 0.2) is 30.3 Å². The Morgan fingerprint density at radius 3 is 2.57 bits per heavy atom. The predicted octanol–water partition coefficient (Wildman–Crippen LogP) is 2.84. The minimum atomic E-state index is -0.193. The van der Waals surface area contributed by atoms with Crippen molar-refractivity contribution >= 4 is 6.08 Å². The first-order valence-electron chi connectivity index (χ1n) is 4.89. The van der Waals surface area contributed by atoms with Crippen molar-refractivity contribution in [2.45, 2.75) is 19.9 Å². The van der Waals surface area contributed by atoms with Gasteiger partial charge in [0, 0.05) is 6.04 Å². The lowest BCUT2D eigenvalue weighted by atomic mass is 10.2. The van der Waals surface area contributed by atoms with Gasteiger partial charge in [0.25, 0.3) is 0 Å². The molecule has 0 fully saturated rings. The van der Waals surface area contributed by atoms with E-state index in [0.29, 0.717) is 6.04 Å². The average Bonchev–Trinajstić information content (AvgIpc) is 2.17. The second-order valence-corrected chi connectivity index (χ2v) is 3.26. The van der Waals surface area contributed by atoms with Crippen molar-refractivity contribution in [3.63, 3.8) is 0 Å². The Morgan fingerprint density at radius 2 is 2.00 bits per heavy atom. The van der Waals surface area contributed by atoms with Crippen LogP contribution in [-0.4, -0.2) is 12.6 Å². The molecule has 1 unspecified atom stereocenters. The topological polar surface area (TPSA) is 12.0 Å². The second kappa shape index (κ2) is 5.55. The molecule has 14 heavy (non-hydrogen) atoms. The molecule has 76 valence electrons. The van der Waals surface area contributed by atoms with Crippen LogP contribution in [0.4, 0.5) is 4.39 Å². The molecule has 1 nitrogen and oxygen atoms in total. The van der Waals surface area contributed by atoms with Gasteiger partial charge in [0.1, 0.15) is 5.82 Å². The molecule has 0 aliphatic rings. The normalized spacial score (nSPS) is 13.4. The third-order valence-corrected chi connectivity index (χ3v) is 1.97. The molecule has 1 N–H and O–H groups in total. The summed E-state index contributed by atoms with van der Waals surface area (Å²) in [6.07, 6.45) is 4.06. The zero-order chi connectivity index (χ0) is 10.4. The van der Waals surface area contributed by atoms with E-state index in [1.807, 2.05) is 6.08 Å². The fraction of sp³-hybridized carbons (Fsp3) is 0.333. The maximum absolute atomic E-state index is 12.6. The van der Waals surface area contributed by atoms with Crippen LogP contribution in [-0.2, 0) is 0 Å². The van der Waals surface area contributed by atoms with Gasteiger partial charge in [0.2, 0.25) is 0 Å². The van der Waals surface area contributed by atoms with Gasteiger partial charge in [-0.15, -0.1) is 0 Å². The van der Waals surface area contributed by atoms with Gasteiger partial charge < -0.3 is 5.32 Å². The fourth-order valence-electron chi connectivity index (χ4n) is 1.22. The highest BCUT2D eigenvalue weighted by molar-refractivity contribution is 5.49. The summed E-state index contributed by atoms with van der Waals surface area (Å²) in [6.45, 7) is 5.11. The third kappa shape index (κ3) is 3.71. The first-order valence-corrected chi connectivity index (χ1v) is 4.89. The van der Waals surface area contributed by atoms with Gasteiger partial charge in [-0.25, -0.2) is 4.39 Å². The van der Waals surface area contributed by atoms with E-state index >= 15 is 0 Å². The Labute approximate surface area is 84.6 Å². The molecule has 1 rings (SSSR count). The number of rotatable bonds is 4. The van der Waals surface area contributed by atoms with Crippen LogP contribution in [0.2, 0.25) is 0 Å². The zero-order valence-electron chi connectivity index (χ0n) is 8.63. The molecule has 0 saturated heterocycles. The maximum Gasteiger partial charge on any atom is 0.123 e. The van der Waals surface area contributed by atoms with E-state index < -0.39 is 0 Å². The lowest BCUT2D eigenvalue weighted by Crippen LogP contribution is -2.22. The second-order valence-electron chi connectivity index (χ2n) is 3.26. The molecule has 0 amide bonds. The van der Waals surface area contributed by atoms with E-state index in [9.17, 15) is 4.39 Å². The Balaban J connectivity index is 2.55. The van der Waals surface area contributed by atoms with E-state index in [-0.39, 0.29) is 5.82 Å². The summed E-state index contributed by atoms with van der Waals surface area (Å²) in [6, 6.07) is 6.83. The zero-order valence-corrected chi connectivity index (χ0v) is 8.63. The molecule has 0 aliphatic heterocycles. The van der Waals surface area contributed by atoms with Crippen molar-refractivity contribution < 1.29 is 4.39 Å². The van der Waals surface area contributed by atoms with E-state index in [2.05, 4.69) is 25.2 Å². The number of nitrogens with one attached hydrogen (secondary N) is 1. The largest absolute Gasteiger partial charge is 0.311 e. The van der Waals surface area contributed by atoms with Gasteiger partial charge in [0.15, 0.2) is 0 Å². The van der Waals surface area contributed by atoms with Crippen LogP contribution in [0.3, 0.4) is 0 Å². The van der Waals surface area contributed by atoms with Gasteiger partial charge in [-0.2, -0.15) is 0 Å². The molecular formula is C12H16FN. The van der Waals surface area contributed by atoms with Crippen molar-refractivity contribution in [3.8, 4) is 0 Å². The van der Waals surface area contributed by atoms with Gasteiger partial charge in [-0.05, 0) is 31.2 Å². The number of hydrogen-bond donors (Lipinski definition) is 1. The van der Waals surface area contributed by atoms with Gasteiger partial charge in [-0.3, -0.25) is 0 Å². The predicted molar refractivity (Wildman–Crippen MR) is 58.6 cm³/mol. The van der Waals surface area contributed by atoms with Crippen LogP contribution in [0, 0.1) is 5.82 Å². The average molecular weight is 193 g/mol. The Bertz CT molecular complexity index is 290. The molecule has 0 radical (unpaired) electrons. The molecule has 1 aromatic rings. The molecule has 0 aliphatic carbocycles. The van der Waals surface area contributed by atoms with E-state index in [0.717, 1.165) is 12.1 Å². The lowest BCUT2D eigenvalue weighted by Gasteiger charge is -2.05. The fourth-order valence-corrected chi connectivity index (χ4v) is 1.22. The van der Waals surface area contributed by atoms with Crippen molar-refractivity contribution in [1.82, 2.24) is 5.32 Å². The minimum Gasteiger partial charge on any atom is -0.311 e. The molecule has 2 heteroatoms. The van der Waals surface area contributed by atoms with Crippen LogP contribution >= 0.6 is 0 Å². The summed E-state index contributed by atoms with van der Waals surface area (Å²) in [5.74, 6) is -0.193. The number of halogens is 1. The smallest absolute Gasteiger partial charge is 0.123 e. The first-order chi connectivity index (χ1) is 6.72. The summed E-state index contributed by atoms with van der Waals surface area (Å²) in [5.41, 5.74) is 1.02. The Kier molecular flexibility index (Phi) is 4.33. The Morgan fingerprint density at radius 1 is 1.36 bits per heavy atom. The highest BCUT2D eigenvalue weighted by Crippen LogP contribution is 2.05. The number of benzene rings is 1. The van der Waals surface area contributed by atoms with E-state index in [4.69, 9.17) is 0 Å². The summed E-state index contributed by atoms with van der Waals surface area (Å²) in [7, 11) is 0. The van der Waals surface area contributed by atoms with E-state index in [1.165, 1.54) is 12.1 Å². The molecule has 0 heterocycles. The SMILES string of the molecule is CCNC(C)/C=C/c1ccc(F)cc1. The van der Waals surface area contributed by atoms with Crippen LogP contribution in [0.25, 0.3) is 6.08 Å². The van der Waals surface area contributed by atoms with E-state index in [1.54, 1.807) is 12.1 Å². The molecule has 0 bridgehead atoms. The van der Waals surface area contributed by atoms with Crippen LogP contribution in [0.5, 0.6) is 0 Å². The minimum absolute atomic E-state index is 0.193. The van der Waals surface area contributed by atoms with Crippen molar-refractivity contribution in [1.29, 1.82) is 0 Å². The Hall–Kier alpha value is -1.15. The monoisotopic (exact) mass is 193 g/mol.